The summed E-state index contributed by atoms with van der Waals surface area (Å²) in [6, 6.07) is 7.91. The lowest BCUT2D eigenvalue weighted by Gasteiger charge is -2.17. The summed E-state index contributed by atoms with van der Waals surface area (Å²) >= 11 is 3.46. The molecule has 0 amide bonds. The van der Waals surface area contributed by atoms with Crippen molar-refractivity contribution < 1.29 is 4.79 Å². The number of carbonyl (C=O) groups excluding carboxylic acids is 1. The zero-order valence-corrected chi connectivity index (χ0v) is 11.8. The van der Waals surface area contributed by atoms with Crippen molar-refractivity contribution in [2.45, 2.75) is 40.0 Å². The van der Waals surface area contributed by atoms with Crippen molar-refractivity contribution in [3.05, 3.63) is 34.3 Å². The van der Waals surface area contributed by atoms with E-state index in [1.165, 1.54) is 0 Å². The van der Waals surface area contributed by atoms with E-state index in [4.69, 9.17) is 0 Å². The molecule has 2 heteroatoms. The van der Waals surface area contributed by atoms with E-state index in [0.717, 1.165) is 16.5 Å². The summed E-state index contributed by atoms with van der Waals surface area (Å²) in [5.41, 5.74) is 1.32. The van der Waals surface area contributed by atoms with Crippen molar-refractivity contribution in [1.29, 1.82) is 0 Å². The zero-order chi connectivity index (χ0) is 12.2. The molecule has 0 bridgehead atoms. The van der Waals surface area contributed by atoms with E-state index in [1.807, 2.05) is 24.3 Å². The number of Topliss-reactive ketones (excluding diaryl/α,β-unsaturated/α-hetero) is 1. The molecule has 0 saturated heterocycles. The first-order valence-corrected chi connectivity index (χ1v) is 6.43. The van der Waals surface area contributed by atoms with Crippen LogP contribution in [0.1, 0.15) is 39.2 Å². The molecule has 0 aliphatic rings. The standard InChI is InChI=1S/C14H19BrO/c1-14(2,3)9-8-12(16)10-11-6-4-5-7-13(11)15/h4-7H,8-10H2,1-3H3. The molecule has 1 rings (SSSR count). The van der Waals surface area contributed by atoms with Crippen LogP contribution < -0.4 is 0 Å². The number of ketones is 1. The van der Waals surface area contributed by atoms with Gasteiger partial charge in [-0.15, -0.1) is 0 Å². The number of hydrogen-bond donors (Lipinski definition) is 0. The second kappa shape index (κ2) is 5.62. The summed E-state index contributed by atoms with van der Waals surface area (Å²) in [4.78, 5) is 11.8. The lowest BCUT2D eigenvalue weighted by atomic mass is 9.89. The van der Waals surface area contributed by atoms with E-state index < -0.39 is 0 Å². The van der Waals surface area contributed by atoms with Crippen LogP contribution in [0.25, 0.3) is 0 Å². The van der Waals surface area contributed by atoms with Crippen LogP contribution in [0.3, 0.4) is 0 Å². The van der Waals surface area contributed by atoms with E-state index >= 15 is 0 Å². The first-order valence-electron chi connectivity index (χ1n) is 5.63. The molecular formula is C14H19BrO. The average molecular weight is 283 g/mol. The SMILES string of the molecule is CC(C)(C)CCC(=O)Cc1ccccc1Br. The molecule has 0 aromatic heterocycles. The van der Waals surface area contributed by atoms with Crippen molar-refractivity contribution in [2.75, 3.05) is 0 Å². The molecule has 1 nitrogen and oxygen atoms in total. The number of hydrogen-bond acceptors (Lipinski definition) is 1. The van der Waals surface area contributed by atoms with Gasteiger partial charge in [-0.2, -0.15) is 0 Å². The van der Waals surface area contributed by atoms with Gasteiger partial charge in [0.1, 0.15) is 5.78 Å². The highest BCUT2D eigenvalue weighted by Crippen LogP contribution is 2.22. The molecule has 16 heavy (non-hydrogen) atoms. The van der Waals surface area contributed by atoms with E-state index in [1.54, 1.807) is 0 Å². The van der Waals surface area contributed by atoms with Crippen molar-refractivity contribution in [3.8, 4) is 0 Å². The predicted octanol–water partition coefficient (Wildman–Crippen LogP) is 4.39. The Bertz CT molecular complexity index is 363. The zero-order valence-electron chi connectivity index (χ0n) is 10.2. The molecule has 0 fully saturated rings. The molecule has 0 heterocycles. The van der Waals surface area contributed by atoms with Crippen LogP contribution in [0.5, 0.6) is 0 Å². The van der Waals surface area contributed by atoms with Crippen molar-refractivity contribution in [2.24, 2.45) is 5.41 Å². The van der Waals surface area contributed by atoms with Gasteiger partial charge in [-0.1, -0.05) is 54.9 Å². The minimum atomic E-state index is 0.240. The Hall–Kier alpha value is -0.630. The molecule has 1 aromatic rings. The molecule has 0 saturated carbocycles. The van der Waals surface area contributed by atoms with Crippen LogP contribution in [-0.2, 0) is 11.2 Å². The van der Waals surface area contributed by atoms with Gasteiger partial charge in [-0.25, -0.2) is 0 Å². The first-order chi connectivity index (χ1) is 7.38. The summed E-state index contributed by atoms with van der Waals surface area (Å²) in [6.07, 6.45) is 2.17. The molecule has 0 unspecified atom stereocenters. The second-order valence-electron chi connectivity index (χ2n) is 5.37. The average Bonchev–Trinajstić information content (AvgIpc) is 2.18. The number of carbonyl (C=O) groups is 1. The van der Waals surface area contributed by atoms with Gasteiger partial charge < -0.3 is 0 Å². The maximum atomic E-state index is 11.8. The second-order valence-corrected chi connectivity index (χ2v) is 6.22. The van der Waals surface area contributed by atoms with E-state index in [-0.39, 0.29) is 5.41 Å². The number of halogens is 1. The Labute approximate surface area is 106 Å². The molecular weight excluding hydrogens is 264 g/mol. The fraction of sp³-hybridized carbons (Fsp3) is 0.500. The molecule has 0 aliphatic heterocycles. The summed E-state index contributed by atoms with van der Waals surface area (Å²) in [7, 11) is 0. The van der Waals surface area contributed by atoms with Crippen molar-refractivity contribution in [1.82, 2.24) is 0 Å². The minimum absolute atomic E-state index is 0.240. The largest absolute Gasteiger partial charge is 0.299 e. The highest BCUT2D eigenvalue weighted by molar-refractivity contribution is 9.10. The fourth-order valence-electron chi connectivity index (χ4n) is 1.46. The van der Waals surface area contributed by atoms with Crippen LogP contribution in [0.4, 0.5) is 0 Å². The van der Waals surface area contributed by atoms with Crippen LogP contribution in [0, 0.1) is 5.41 Å². The van der Waals surface area contributed by atoms with Crippen LogP contribution in [0.2, 0.25) is 0 Å². The number of benzene rings is 1. The van der Waals surface area contributed by atoms with Gasteiger partial charge in [0.2, 0.25) is 0 Å². The van der Waals surface area contributed by atoms with Crippen LogP contribution in [-0.4, -0.2) is 5.78 Å². The molecule has 0 radical (unpaired) electrons. The maximum absolute atomic E-state index is 11.8. The minimum Gasteiger partial charge on any atom is -0.299 e. The molecule has 0 atom stereocenters. The highest BCUT2D eigenvalue weighted by atomic mass is 79.9. The van der Waals surface area contributed by atoms with Gasteiger partial charge in [0.15, 0.2) is 0 Å². The van der Waals surface area contributed by atoms with Gasteiger partial charge in [-0.3, -0.25) is 4.79 Å². The topological polar surface area (TPSA) is 17.1 Å². The summed E-state index contributed by atoms with van der Waals surface area (Å²) in [5, 5.41) is 0. The molecule has 1 aromatic carbocycles. The molecule has 0 aliphatic carbocycles. The Morgan fingerprint density at radius 3 is 2.44 bits per heavy atom. The third-order valence-corrected chi connectivity index (χ3v) is 3.27. The van der Waals surface area contributed by atoms with Gasteiger partial charge >= 0.3 is 0 Å². The van der Waals surface area contributed by atoms with E-state index in [9.17, 15) is 4.79 Å². The van der Waals surface area contributed by atoms with Crippen LogP contribution >= 0.6 is 15.9 Å². The lowest BCUT2D eigenvalue weighted by Crippen LogP contribution is -2.10. The summed E-state index contributed by atoms with van der Waals surface area (Å²) in [6.45, 7) is 6.50. The summed E-state index contributed by atoms with van der Waals surface area (Å²) in [5.74, 6) is 0.321. The van der Waals surface area contributed by atoms with E-state index in [2.05, 4.69) is 36.7 Å². The smallest absolute Gasteiger partial charge is 0.137 e. The first kappa shape index (κ1) is 13.4. The normalized spacial score (nSPS) is 11.5. The Morgan fingerprint density at radius 1 is 1.25 bits per heavy atom. The van der Waals surface area contributed by atoms with Gasteiger partial charge in [-0.05, 0) is 23.5 Å². The quantitative estimate of drug-likeness (QED) is 0.801. The Morgan fingerprint density at radius 2 is 1.88 bits per heavy atom. The lowest BCUT2D eigenvalue weighted by molar-refractivity contribution is -0.118. The van der Waals surface area contributed by atoms with Gasteiger partial charge in [0.25, 0.3) is 0 Å². The molecule has 0 spiro atoms. The third kappa shape index (κ3) is 4.93. The number of rotatable bonds is 4. The Balaban J connectivity index is 2.50. The van der Waals surface area contributed by atoms with Crippen molar-refractivity contribution in [3.63, 3.8) is 0 Å². The van der Waals surface area contributed by atoms with E-state index in [0.29, 0.717) is 18.6 Å². The maximum Gasteiger partial charge on any atom is 0.137 e. The summed E-state index contributed by atoms with van der Waals surface area (Å²) < 4.78 is 1.03. The fourth-order valence-corrected chi connectivity index (χ4v) is 1.88. The molecule has 88 valence electrons. The molecule has 0 N–H and O–H groups in total. The highest BCUT2D eigenvalue weighted by Gasteiger charge is 2.13. The Kier molecular flexibility index (Phi) is 4.72. The third-order valence-electron chi connectivity index (χ3n) is 2.50. The van der Waals surface area contributed by atoms with Crippen LogP contribution in [0.15, 0.2) is 28.7 Å². The van der Waals surface area contributed by atoms with Crippen molar-refractivity contribution >= 4 is 21.7 Å². The van der Waals surface area contributed by atoms with Gasteiger partial charge in [0.05, 0.1) is 0 Å². The monoisotopic (exact) mass is 282 g/mol. The van der Waals surface area contributed by atoms with Gasteiger partial charge in [0, 0.05) is 17.3 Å². The predicted molar refractivity (Wildman–Crippen MR) is 71.5 cm³/mol.